The molecule has 23 heavy (non-hydrogen) atoms. The van der Waals surface area contributed by atoms with E-state index < -0.39 is 23.8 Å². The molecule has 5 nitrogen and oxygen atoms in total. The molecule has 1 amide bonds. The fourth-order valence-corrected chi connectivity index (χ4v) is 2.40. The molecule has 0 saturated carbocycles. The molecule has 1 fully saturated rings. The lowest BCUT2D eigenvalue weighted by molar-refractivity contribution is -0.138. The first-order chi connectivity index (χ1) is 10.3. The number of aldehydes is 1. The number of carbonyl (C=O) groups is 2. The predicted octanol–water partition coefficient (Wildman–Crippen LogP) is 1.37. The van der Waals surface area contributed by atoms with Crippen molar-refractivity contribution in [2.24, 2.45) is 5.73 Å². The van der Waals surface area contributed by atoms with Crippen molar-refractivity contribution in [1.82, 2.24) is 9.80 Å². The maximum absolute atomic E-state index is 13.0. The van der Waals surface area contributed by atoms with Crippen molar-refractivity contribution >= 4 is 24.6 Å². The van der Waals surface area contributed by atoms with E-state index in [1.165, 1.54) is 23.1 Å². The van der Waals surface area contributed by atoms with Gasteiger partial charge < -0.3 is 15.4 Å². The van der Waals surface area contributed by atoms with Crippen LogP contribution in [0.1, 0.15) is 15.9 Å². The number of nitrogens with two attached hydrogens (primary N) is 1. The number of halogens is 4. The maximum Gasteiger partial charge on any atom is 0.417 e. The SMILES string of the molecule is Cl.NC(C=O)N1CCN(C(=O)c2ccccc2C(F)(F)F)CC1. The minimum absolute atomic E-state index is 0. The van der Waals surface area contributed by atoms with Gasteiger partial charge in [0.1, 0.15) is 6.17 Å². The molecule has 1 heterocycles. The van der Waals surface area contributed by atoms with Crippen LogP contribution in [0.15, 0.2) is 24.3 Å². The first-order valence-corrected chi connectivity index (χ1v) is 6.75. The van der Waals surface area contributed by atoms with Crippen molar-refractivity contribution in [2.45, 2.75) is 12.3 Å². The Labute approximate surface area is 137 Å². The summed E-state index contributed by atoms with van der Waals surface area (Å²) in [6.07, 6.45) is -4.73. The van der Waals surface area contributed by atoms with Gasteiger partial charge in [0.05, 0.1) is 11.1 Å². The van der Waals surface area contributed by atoms with E-state index in [2.05, 4.69) is 0 Å². The van der Waals surface area contributed by atoms with Crippen LogP contribution in [-0.2, 0) is 11.0 Å². The summed E-state index contributed by atoms with van der Waals surface area (Å²) < 4.78 is 38.9. The third kappa shape index (κ3) is 4.43. The van der Waals surface area contributed by atoms with Crippen LogP contribution in [0.4, 0.5) is 13.2 Å². The van der Waals surface area contributed by atoms with E-state index in [0.717, 1.165) is 6.07 Å². The Bertz CT molecular complexity index is 560. The molecule has 2 rings (SSSR count). The number of carbonyl (C=O) groups excluding carboxylic acids is 2. The van der Waals surface area contributed by atoms with Crippen LogP contribution in [0, 0.1) is 0 Å². The molecule has 1 aliphatic rings. The average molecular weight is 352 g/mol. The molecule has 2 N–H and O–H groups in total. The third-order valence-electron chi connectivity index (χ3n) is 3.63. The summed E-state index contributed by atoms with van der Waals surface area (Å²) in [7, 11) is 0. The number of benzene rings is 1. The van der Waals surface area contributed by atoms with Gasteiger partial charge in [-0.1, -0.05) is 12.1 Å². The molecule has 1 unspecified atom stereocenters. The average Bonchev–Trinajstić information content (AvgIpc) is 2.52. The van der Waals surface area contributed by atoms with Gasteiger partial charge in [0, 0.05) is 26.2 Å². The molecule has 1 saturated heterocycles. The number of hydrogen-bond acceptors (Lipinski definition) is 4. The standard InChI is InChI=1S/C14H16F3N3O2.ClH/c15-14(16,17)11-4-2-1-3-10(11)13(22)20-7-5-19(6-8-20)12(18)9-21;/h1-4,9,12H,5-8,18H2;1H. The van der Waals surface area contributed by atoms with E-state index in [1.54, 1.807) is 4.90 Å². The highest BCUT2D eigenvalue weighted by atomic mass is 35.5. The Kier molecular flexibility index (Phi) is 6.55. The second-order valence-electron chi connectivity index (χ2n) is 5.00. The van der Waals surface area contributed by atoms with E-state index in [4.69, 9.17) is 5.73 Å². The van der Waals surface area contributed by atoms with Crippen molar-refractivity contribution in [3.05, 3.63) is 35.4 Å². The highest BCUT2D eigenvalue weighted by Gasteiger charge is 2.36. The van der Waals surface area contributed by atoms with Crippen molar-refractivity contribution in [2.75, 3.05) is 26.2 Å². The summed E-state index contributed by atoms with van der Waals surface area (Å²) in [4.78, 5) is 26.0. The Balaban J connectivity index is 0.00000264. The summed E-state index contributed by atoms with van der Waals surface area (Å²) in [6.45, 7) is 1.15. The molecule has 0 aromatic heterocycles. The summed E-state index contributed by atoms with van der Waals surface area (Å²) in [5, 5.41) is 0. The van der Waals surface area contributed by atoms with Gasteiger partial charge in [-0.3, -0.25) is 9.69 Å². The molecule has 0 spiro atoms. The van der Waals surface area contributed by atoms with E-state index in [0.29, 0.717) is 19.4 Å². The minimum atomic E-state index is -4.58. The monoisotopic (exact) mass is 351 g/mol. The Morgan fingerprint density at radius 3 is 2.26 bits per heavy atom. The summed E-state index contributed by atoms with van der Waals surface area (Å²) in [6, 6.07) is 4.72. The van der Waals surface area contributed by atoms with Gasteiger partial charge in [-0.25, -0.2) is 0 Å². The fraction of sp³-hybridized carbons (Fsp3) is 0.429. The van der Waals surface area contributed by atoms with Crippen LogP contribution in [0.5, 0.6) is 0 Å². The van der Waals surface area contributed by atoms with Gasteiger partial charge in [0.2, 0.25) is 0 Å². The molecular formula is C14H17ClF3N3O2. The molecule has 0 aliphatic carbocycles. The second kappa shape index (κ2) is 7.76. The fourth-order valence-electron chi connectivity index (χ4n) is 2.40. The highest BCUT2D eigenvalue weighted by molar-refractivity contribution is 5.96. The summed E-state index contributed by atoms with van der Waals surface area (Å²) in [5.41, 5.74) is 4.27. The summed E-state index contributed by atoms with van der Waals surface area (Å²) in [5.74, 6) is -0.660. The lowest BCUT2D eigenvalue weighted by Gasteiger charge is -2.36. The topological polar surface area (TPSA) is 66.6 Å². The Morgan fingerprint density at radius 1 is 1.17 bits per heavy atom. The molecule has 0 bridgehead atoms. The van der Waals surface area contributed by atoms with Crippen LogP contribution in [-0.4, -0.2) is 54.3 Å². The number of amides is 1. The lowest BCUT2D eigenvalue weighted by Crippen LogP contribution is -2.55. The minimum Gasteiger partial charge on any atom is -0.336 e. The number of rotatable bonds is 3. The van der Waals surface area contributed by atoms with Crippen molar-refractivity contribution in [3.63, 3.8) is 0 Å². The van der Waals surface area contributed by atoms with Crippen LogP contribution >= 0.6 is 12.4 Å². The summed E-state index contributed by atoms with van der Waals surface area (Å²) >= 11 is 0. The molecular weight excluding hydrogens is 335 g/mol. The number of nitrogens with zero attached hydrogens (tertiary/aromatic N) is 2. The van der Waals surface area contributed by atoms with Crippen LogP contribution < -0.4 is 5.73 Å². The maximum atomic E-state index is 13.0. The van der Waals surface area contributed by atoms with Gasteiger partial charge in [-0.15, -0.1) is 12.4 Å². The van der Waals surface area contributed by atoms with E-state index >= 15 is 0 Å². The molecule has 1 aromatic rings. The Morgan fingerprint density at radius 2 is 1.74 bits per heavy atom. The second-order valence-corrected chi connectivity index (χ2v) is 5.00. The van der Waals surface area contributed by atoms with Gasteiger partial charge in [-0.2, -0.15) is 13.2 Å². The van der Waals surface area contributed by atoms with Gasteiger partial charge in [0.15, 0.2) is 6.29 Å². The third-order valence-corrected chi connectivity index (χ3v) is 3.63. The lowest BCUT2D eigenvalue weighted by atomic mass is 10.1. The zero-order valence-electron chi connectivity index (χ0n) is 12.1. The largest absolute Gasteiger partial charge is 0.417 e. The van der Waals surface area contributed by atoms with Crippen molar-refractivity contribution < 1.29 is 22.8 Å². The molecule has 128 valence electrons. The molecule has 1 aromatic carbocycles. The molecule has 9 heteroatoms. The van der Waals surface area contributed by atoms with Gasteiger partial charge in [0.25, 0.3) is 5.91 Å². The zero-order valence-corrected chi connectivity index (χ0v) is 12.9. The number of hydrogen-bond donors (Lipinski definition) is 1. The van der Waals surface area contributed by atoms with Crippen LogP contribution in [0.3, 0.4) is 0 Å². The predicted molar refractivity (Wildman–Crippen MR) is 80.2 cm³/mol. The highest BCUT2D eigenvalue weighted by Crippen LogP contribution is 2.32. The zero-order chi connectivity index (χ0) is 16.3. The first kappa shape index (κ1) is 19.4. The Hall–Kier alpha value is -1.64. The van der Waals surface area contributed by atoms with Crippen LogP contribution in [0.2, 0.25) is 0 Å². The normalized spacial score (nSPS) is 17.3. The molecule has 1 atom stereocenters. The number of piperazine rings is 1. The van der Waals surface area contributed by atoms with E-state index in [9.17, 15) is 22.8 Å². The number of alkyl halides is 3. The quantitative estimate of drug-likeness (QED) is 0.835. The van der Waals surface area contributed by atoms with Gasteiger partial charge >= 0.3 is 6.18 Å². The molecule has 1 aliphatic heterocycles. The van der Waals surface area contributed by atoms with Crippen molar-refractivity contribution in [3.8, 4) is 0 Å². The van der Waals surface area contributed by atoms with E-state index in [-0.39, 0.29) is 31.1 Å². The first-order valence-electron chi connectivity index (χ1n) is 6.75. The van der Waals surface area contributed by atoms with Crippen LogP contribution in [0.25, 0.3) is 0 Å². The molecule has 0 radical (unpaired) electrons. The van der Waals surface area contributed by atoms with E-state index in [1.807, 2.05) is 0 Å². The smallest absolute Gasteiger partial charge is 0.336 e. The van der Waals surface area contributed by atoms with Crippen molar-refractivity contribution in [1.29, 1.82) is 0 Å². The van der Waals surface area contributed by atoms with Gasteiger partial charge in [-0.05, 0) is 12.1 Å².